The summed E-state index contributed by atoms with van der Waals surface area (Å²) < 4.78 is 23.7. The highest BCUT2D eigenvalue weighted by Gasteiger charge is 2.13. The first-order valence-electron chi connectivity index (χ1n) is 5.43. The molecule has 1 aliphatic heterocycles. The van der Waals surface area contributed by atoms with Crippen LogP contribution in [0.5, 0.6) is 11.5 Å². The van der Waals surface area contributed by atoms with Crippen molar-refractivity contribution in [3.63, 3.8) is 0 Å². The molecule has 2 aromatic carbocycles. The molecule has 0 saturated heterocycles. The van der Waals surface area contributed by atoms with E-state index in [4.69, 9.17) is 15.2 Å². The van der Waals surface area contributed by atoms with Gasteiger partial charge in [-0.05, 0) is 30.3 Å². The van der Waals surface area contributed by atoms with E-state index < -0.39 is 0 Å². The fraction of sp³-hybridized carbons (Fsp3) is 0.0769. The molecule has 0 radical (unpaired) electrons. The molecule has 0 aromatic heterocycles. The van der Waals surface area contributed by atoms with E-state index in [9.17, 15) is 4.39 Å². The van der Waals surface area contributed by atoms with E-state index in [0.29, 0.717) is 22.9 Å². The fourth-order valence-corrected chi connectivity index (χ4v) is 1.83. The molecule has 2 aromatic rings. The van der Waals surface area contributed by atoms with Gasteiger partial charge in [-0.2, -0.15) is 0 Å². The molecule has 0 saturated carbocycles. The summed E-state index contributed by atoms with van der Waals surface area (Å²) in [6, 6.07) is 9.73. The Balaban J connectivity index is 1.88. The number of rotatable bonds is 2. The van der Waals surface area contributed by atoms with E-state index in [2.05, 4.69) is 5.32 Å². The number of hydrogen-bond acceptors (Lipinski definition) is 4. The van der Waals surface area contributed by atoms with E-state index in [0.717, 1.165) is 5.69 Å². The molecular weight excluding hydrogens is 235 g/mol. The second-order valence-corrected chi connectivity index (χ2v) is 3.97. The minimum atomic E-state index is -0.377. The first-order valence-corrected chi connectivity index (χ1v) is 5.43. The molecule has 0 atom stereocenters. The van der Waals surface area contributed by atoms with E-state index in [1.54, 1.807) is 18.2 Å². The van der Waals surface area contributed by atoms with Gasteiger partial charge in [-0.3, -0.25) is 0 Å². The third kappa shape index (κ3) is 2.02. The van der Waals surface area contributed by atoms with Crippen LogP contribution in [0, 0.1) is 5.82 Å². The summed E-state index contributed by atoms with van der Waals surface area (Å²) in [5.74, 6) is 1.00. The van der Waals surface area contributed by atoms with Gasteiger partial charge in [0.1, 0.15) is 5.82 Å². The Hall–Kier alpha value is -2.43. The normalized spacial score (nSPS) is 12.5. The number of benzene rings is 2. The maximum atomic E-state index is 13.2. The molecule has 18 heavy (non-hydrogen) atoms. The lowest BCUT2D eigenvalue weighted by atomic mass is 10.2. The van der Waals surface area contributed by atoms with Crippen molar-refractivity contribution < 1.29 is 13.9 Å². The van der Waals surface area contributed by atoms with Crippen LogP contribution < -0.4 is 20.5 Å². The minimum absolute atomic E-state index is 0.228. The average molecular weight is 246 g/mol. The zero-order valence-corrected chi connectivity index (χ0v) is 9.44. The number of nitrogens with one attached hydrogen (secondary N) is 1. The van der Waals surface area contributed by atoms with Gasteiger partial charge < -0.3 is 20.5 Å². The first-order chi connectivity index (χ1) is 8.70. The molecule has 0 bridgehead atoms. The summed E-state index contributed by atoms with van der Waals surface area (Å²) in [4.78, 5) is 0. The molecule has 4 nitrogen and oxygen atoms in total. The van der Waals surface area contributed by atoms with E-state index in [1.807, 2.05) is 6.07 Å². The molecule has 92 valence electrons. The van der Waals surface area contributed by atoms with Gasteiger partial charge in [-0.1, -0.05) is 0 Å². The number of nitrogens with two attached hydrogens (primary N) is 1. The van der Waals surface area contributed by atoms with E-state index in [-0.39, 0.29) is 12.6 Å². The first kappa shape index (κ1) is 10.7. The molecule has 5 heteroatoms. The van der Waals surface area contributed by atoms with Crippen LogP contribution in [0.4, 0.5) is 21.5 Å². The van der Waals surface area contributed by atoms with Crippen LogP contribution >= 0.6 is 0 Å². The van der Waals surface area contributed by atoms with Crippen molar-refractivity contribution in [2.24, 2.45) is 0 Å². The molecule has 0 unspecified atom stereocenters. The second kappa shape index (κ2) is 4.10. The summed E-state index contributed by atoms with van der Waals surface area (Å²) in [7, 11) is 0. The fourth-order valence-electron chi connectivity index (χ4n) is 1.83. The zero-order chi connectivity index (χ0) is 12.5. The van der Waals surface area contributed by atoms with Gasteiger partial charge in [-0.15, -0.1) is 0 Å². The lowest BCUT2D eigenvalue weighted by Crippen LogP contribution is -1.94. The average Bonchev–Trinajstić information content (AvgIpc) is 2.74. The van der Waals surface area contributed by atoms with Gasteiger partial charge >= 0.3 is 0 Å². The van der Waals surface area contributed by atoms with Gasteiger partial charge in [0.15, 0.2) is 11.5 Å². The third-order valence-electron chi connectivity index (χ3n) is 2.58. The standard InChI is InChI=1S/C13H11FN2O2/c14-8-3-9(15)5-11(4-8)16-10-1-2-12-13(6-10)18-7-17-12/h1-6,16H,7,15H2. The molecule has 3 rings (SSSR count). The lowest BCUT2D eigenvalue weighted by molar-refractivity contribution is 0.174. The SMILES string of the molecule is Nc1cc(F)cc(Nc2ccc3c(c2)OCO3)c1. The van der Waals surface area contributed by atoms with Crippen LogP contribution in [0.3, 0.4) is 0 Å². The molecule has 0 aliphatic carbocycles. The topological polar surface area (TPSA) is 56.5 Å². The minimum Gasteiger partial charge on any atom is -0.454 e. The van der Waals surface area contributed by atoms with Crippen LogP contribution in [0.1, 0.15) is 0 Å². The van der Waals surface area contributed by atoms with Crippen LogP contribution in [-0.4, -0.2) is 6.79 Å². The largest absolute Gasteiger partial charge is 0.454 e. The highest BCUT2D eigenvalue weighted by molar-refractivity contribution is 5.66. The second-order valence-electron chi connectivity index (χ2n) is 3.97. The summed E-state index contributed by atoms with van der Waals surface area (Å²) in [6.45, 7) is 0.228. The number of fused-ring (bicyclic) bond motifs is 1. The Morgan fingerprint density at radius 2 is 1.83 bits per heavy atom. The zero-order valence-electron chi connectivity index (χ0n) is 9.44. The summed E-state index contributed by atoms with van der Waals surface area (Å²) in [5.41, 5.74) is 7.32. The third-order valence-corrected chi connectivity index (χ3v) is 2.58. The Morgan fingerprint density at radius 3 is 2.67 bits per heavy atom. The molecule has 1 aliphatic rings. The molecule has 0 fully saturated rings. The van der Waals surface area contributed by atoms with Crippen molar-refractivity contribution >= 4 is 17.1 Å². The number of ether oxygens (including phenoxy) is 2. The van der Waals surface area contributed by atoms with Crippen LogP contribution in [0.15, 0.2) is 36.4 Å². The van der Waals surface area contributed by atoms with Crippen molar-refractivity contribution in [3.8, 4) is 11.5 Å². The number of nitrogen functional groups attached to an aromatic ring is 1. The van der Waals surface area contributed by atoms with Crippen molar-refractivity contribution in [3.05, 3.63) is 42.2 Å². The maximum absolute atomic E-state index is 13.2. The van der Waals surface area contributed by atoms with Crippen molar-refractivity contribution in [1.29, 1.82) is 0 Å². The van der Waals surface area contributed by atoms with Crippen molar-refractivity contribution in [2.45, 2.75) is 0 Å². The number of hydrogen-bond donors (Lipinski definition) is 2. The Bertz CT molecular complexity index is 581. The maximum Gasteiger partial charge on any atom is 0.231 e. The van der Waals surface area contributed by atoms with Crippen molar-refractivity contribution in [2.75, 3.05) is 17.8 Å². The van der Waals surface area contributed by atoms with Gasteiger partial charge in [0.2, 0.25) is 6.79 Å². The summed E-state index contributed by atoms with van der Waals surface area (Å²) >= 11 is 0. The smallest absolute Gasteiger partial charge is 0.231 e. The van der Waals surface area contributed by atoms with Crippen LogP contribution in [-0.2, 0) is 0 Å². The summed E-state index contributed by atoms with van der Waals surface area (Å²) in [6.07, 6.45) is 0. The lowest BCUT2D eigenvalue weighted by Gasteiger charge is -2.08. The molecule has 1 heterocycles. The summed E-state index contributed by atoms with van der Waals surface area (Å²) in [5, 5.41) is 3.06. The molecule has 0 amide bonds. The predicted octanol–water partition coefficient (Wildman–Crippen LogP) is 2.88. The van der Waals surface area contributed by atoms with E-state index in [1.165, 1.54) is 12.1 Å². The Labute approximate surface area is 103 Å². The van der Waals surface area contributed by atoms with Gasteiger partial charge in [0.25, 0.3) is 0 Å². The number of halogens is 1. The molecular formula is C13H11FN2O2. The Morgan fingerprint density at radius 1 is 1.00 bits per heavy atom. The highest BCUT2D eigenvalue weighted by atomic mass is 19.1. The van der Waals surface area contributed by atoms with Crippen LogP contribution in [0.25, 0.3) is 0 Å². The molecule has 0 spiro atoms. The Kier molecular flexibility index (Phi) is 2.44. The number of anilines is 3. The quantitative estimate of drug-likeness (QED) is 0.800. The highest BCUT2D eigenvalue weighted by Crippen LogP contribution is 2.35. The van der Waals surface area contributed by atoms with Gasteiger partial charge in [0.05, 0.1) is 0 Å². The predicted molar refractivity (Wildman–Crippen MR) is 66.7 cm³/mol. The monoisotopic (exact) mass is 246 g/mol. The van der Waals surface area contributed by atoms with Gasteiger partial charge in [-0.25, -0.2) is 4.39 Å². The van der Waals surface area contributed by atoms with Crippen LogP contribution in [0.2, 0.25) is 0 Å². The van der Waals surface area contributed by atoms with Gasteiger partial charge in [0, 0.05) is 23.1 Å². The van der Waals surface area contributed by atoms with E-state index >= 15 is 0 Å². The molecule has 3 N–H and O–H groups in total. The van der Waals surface area contributed by atoms with Crippen molar-refractivity contribution in [1.82, 2.24) is 0 Å².